The molecule has 8 heteroatoms. The molecule has 0 saturated carbocycles. The summed E-state index contributed by atoms with van der Waals surface area (Å²) in [4.78, 5) is 44.8. The lowest BCUT2D eigenvalue weighted by atomic mass is 9.73. The van der Waals surface area contributed by atoms with Crippen LogP contribution in [0.3, 0.4) is 0 Å². The Hall–Kier alpha value is -2.32. The second kappa shape index (κ2) is 19.9. The summed E-state index contributed by atoms with van der Waals surface area (Å²) in [7, 11) is 0. The minimum absolute atomic E-state index is 0.0464. The fraction of sp³-hybridized carbons (Fsp3) is 0.714. The zero-order chi connectivity index (χ0) is 32.6. The van der Waals surface area contributed by atoms with Crippen molar-refractivity contribution >= 4 is 35.1 Å². The van der Waals surface area contributed by atoms with Crippen molar-refractivity contribution in [2.75, 3.05) is 6.54 Å². The highest BCUT2D eigenvalue weighted by Crippen LogP contribution is 2.34. The van der Waals surface area contributed by atoms with Gasteiger partial charge in [0.2, 0.25) is 5.91 Å². The third-order valence-electron chi connectivity index (χ3n) is 8.61. The van der Waals surface area contributed by atoms with Gasteiger partial charge in [0.1, 0.15) is 11.9 Å². The van der Waals surface area contributed by atoms with Gasteiger partial charge in [0.25, 0.3) is 0 Å². The first-order chi connectivity index (χ1) is 20.3. The van der Waals surface area contributed by atoms with E-state index in [1.807, 2.05) is 46.1 Å². The van der Waals surface area contributed by atoms with Crippen molar-refractivity contribution in [1.29, 1.82) is 0 Å². The van der Waals surface area contributed by atoms with Crippen LogP contribution in [0.25, 0.3) is 6.08 Å². The van der Waals surface area contributed by atoms with Crippen molar-refractivity contribution in [1.82, 2.24) is 10.3 Å². The molecule has 7 nitrogen and oxygen atoms in total. The Bertz CT molecular complexity index is 1030. The highest BCUT2D eigenvalue weighted by Gasteiger charge is 2.42. The van der Waals surface area contributed by atoms with Crippen LogP contribution in [0.4, 0.5) is 0 Å². The lowest BCUT2D eigenvalue weighted by molar-refractivity contribution is -0.161. The summed E-state index contributed by atoms with van der Waals surface area (Å²) in [5.41, 5.74) is 6.54. The van der Waals surface area contributed by atoms with Gasteiger partial charge in [-0.05, 0) is 89.8 Å². The van der Waals surface area contributed by atoms with E-state index in [9.17, 15) is 14.4 Å². The fourth-order valence-electron chi connectivity index (χ4n) is 5.90. The van der Waals surface area contributed by atoms with Crippen LogP contribution in [0.2, 0.25) is 0 Å². The molecule has 244 valence electrons. The zero-order valence-electron chi connectivity index (χ0n) is 28.0. The van der Waals surface area contributed by atoms with Crippen LogP contribution < -0.4 is 11.1 Å². The molecule has 0 aromatic carbocycles. The third-order valence-corrected chi connectivity index (χ3v) is 9.40. The van der Waals surface area contributed by atoms with Gasteiger partial charge in [0, 0.05) is 17.7 Å². The molecule has 5 atom stereocenters. The molecule has 0 aliphatic carbocycles. The molecule has 43 heavy (non-hydrogen) atoms. The Labute approximate surface area is 265 Å². The van der Waals surface area contributed by atoms with Gasteiger partial charge in [-0.15, -0.1) is 24.5 Å². The molecule has 1 amide bonds. The third kappa shape index (κ3) is 13.9. The average Bonchev–Trinajstić information content (AvgIpc) is 3.37. The first-order valence-electron chi connectivity index (χ1n) is 16.2. The number of unbranched alkanes of at least 4 members (excludes halogenated alkanes) is 2. The van der Waals surface area contributed by atoms with Crippen LogP contribution >= 0.6 is 11.3 Å². The maximum Gasteiger partial charge on any atom is 0.306 e. The molecule has 1 aromatic rings. The Morgan fingerprint density at radius 3 is 2.42 bits per heavy atom. The van der Waals surface area contributed by atoms with Gasteiger partial charge in [-0.1, -0.05) is 46.5 Å². The molecule has 1 fully saturated rings. The number of thiazole rings is 1. The lowest BCUT2D eigenvalue weighted by Gasteiger charge is -2.35. The summed E-state index contributed by atoms with van der Waals surface area (Å²) in [6, 6.07) is -0.163. The second-order valence-electron chi connectivity index (χ2n) is 13.0. The molecule has 2 heterocycles. The molecule has 1 aromatic heterocycles. The second-order valence-corrected chi connectivity index (χ2v) is 14.1. The van der Waals surface area contributed by atoms with Crippen LogP contribution in [0.1, 0.15) is 123 Å². The summed E-state index contributed by atoms with van der Waals surface area (Å²) in [6.45, 7) is 20.8. The standard InChI is InChI=1S/C33H55N3O4S.C2H4/c1-22-12-11-13-23(2)18-25(4)32(39)33(6,7)29(40-31(38)14-9-8-10-17-34)20-30(37)36-28(16-15-22)24(3)19-27-21-41-26(5)35-27;1-2/h19,21-23,25,28-29H,8-18,20,34H2,1-7H3,(H,36,37);1-2H2/b24-19+;/t22-,23-,25+,28-,29-;/m0./s1. The summed E-state index contributed by atoms with van der Waals surface area (Å²) < 4.78 is 5.94. The Morgan fingerprint density at radius 2 is 1.79 bits per heavy atom. The number of carbonyl (C=O) groups excluding carboxylic acids is 3. The van der Waals surface area contributed by atoms with Crippen molar-refractivity contribution in [3.8, 4) is 0 Å². The van der Waals surface area contributed by atoms with E-state index in [-0.39, 0.29) is 42.5 Å². The number of nitrogens with zero attached hydrogens (tertiary/aromatic N) is 1. The minimum atomic E-state index is -0.993. The van der Waals surface area contributed by atoms with Crippen molar-refractivity contribution < 1.29 is 19.1 Å². The highest BCUT2D eigenvalue weighted by atomic mass is 32.1. The van der Waals surface area contributed by atoms with Crippen molar-refractivity contribution in [3.05, 3.63) is 34.8 Å². The number of aryl methyl sites for hydroxylation is 1. The minimum Gasteiger partial charge on any atom is -0.461 e. The van der Waals surface area contributed by atoms with Crippen LogP contribution in [-0.4, -0.2) is 41.3 Å². The number of hydrogen-bond acceptors (Lipinski definition) is 7. The molecular weight excluding hydrogens is 558 g/mol. The molecule has 2 rings (SSSR count). The van der Waals surface area contributed by atoms with E-state index >= 15 is 0 Å². The number of Topliss-reactive ketones (excluding diaryl/α,β-unsaturated/α-hetero) is 1. The zero-order valence-corrected chi connectivity index (χ0v) is 28.8. The molecule has 0 radical (unpaired) electrons. The topological polar surface area (TPSA) is 111 Å². The molecular formula is C35H59N3O4S. The van der Waals surface area contributed by atoms with Crippen LogP contribution in [0.5, 0.6) is 0 Å². The predicted molar refractivity (Wildman–Crippen MR) is 180 cm³/mol. The maximum atomic E-state index is 13.8. The van der Waals surface area contributed by atoms with E-state index in [0.717, 1.165) is 67.6 Å². The lowest BCUT2D eigenvalue weighted by Crippen LogP contribution is -2.47. The van der Waals surface area contributed by atoms with Gasteiger partial charge in [-0.25, -0.2) is 4.98 Å². The summed E-state index contributed by atoms with van der Waals surface area (Å²) in [6.07, 6.45) is 9.76. The Morgan fingerprint density at radius 1 is 1.12 bits per heavy atom. The predicted octanol–water partition coefficient (Wildman–Crippen LogP) is 7.82. The Balaban J connectivity index is 0.00000452. The average molecular weight is 618 g/mol. The smallest absolute Gasteiger partial charge is 0.306 e. The van der Waals surface area contributed by atoms with Gasteiger partial charge in [0.15, 0.2) is 0 Å². The number of hydrogen-bond donors (Lipinski definition) is 2. The monoisotopic (exact) mass is 617 g/mol. The first kappa shape index (κ1) is 38.7. The molecule has 1 aliphatic rings. The molecule has 1 aliphatic heterocycles. The number of nitrogens with one attached hydrogen (secondary N) is 1. The van der Waals surface area contributed by atoms with Gasteiger partial charge >= 0.3 is 5.97 Å². The van der Waals surface area contributed by atoms with Gasteiger partial charge in [-0.3, -0.25) is 14.4 Å². The molecule has 1 saturated heterocycles. The van der Waals surface area contributed by atoms with Crippen LogP contribution in [0, 0.1) is 30.1 Å². The van der Waals surface area contributed by atoms with Crippen molar-refractivity contribution in [2.24, 2.45) is 28.9 Å². The van der Waals surface area contributed by atoms with E-state index in [0.29, 0.717) is 24.8 Å². The van der Waals surface area contributed by atoms with Crippen molar-refractivity contribution in [2.45, 2.75) is 131 Å². The fourth-order valence-corrected chi connectivity index (χ4v) is 6.47. The number of esters is 1. The largest absolute Gasteiger partial charge is 0.461 e. The van der Waals surface area contributed by atoms with Gasteiger partial charge < -0.3 is 15.8 Å². The summed E-state index contributed by atoms with van der Waals surface area (Å²) in [5, 5.41) is 6.26. The van der Waals surface area contributed by atoms with E-state index in [4.69, 9.17) is 10.5 Å². The van der Waals surface area contributed by atoms with Crippen LogP contribution in [-0.2, 0) is 19.1 Å². The van der Waals surface area contributed by atoms with E-state index in [1.165, 1.54) is 0 Å². The number of nitrogens with two attached hydrogens (primary N) is 1. The SMILES string of the molecule is C/C(=C\c1csc(C)n1)[C@@H]1CC[C@@H](C)CCC[C@H](C)C[C@@H](C)C(=O)C(C)(C)[C@@H](OC(=O)CCCCCN)CC(=O)N1.C=C. The molecule has 0 bridgehead atoms. The quantitative estimate of drug-likeness (QED) is 0.175. The van der Waals surface area contributed by atoms with E-state index < -0.39 is 11.5 Å². The molecule has 0 unspecified atom stereocenters. The number of carbonyl (C=O) groups is 3. The number of ketones is 1. The molecule has 0 spiro atoms. The van der Waals surface area contributed by atoms with E-state index in [1.54, 1.807) is 11.3 Å². The normalized spacial score (nSPS) is 26.1. The number of ether oxygens (including phenoxy) is 1. The van der Waals surface area contributed by atoms with E-state index in [2.05, 4.69) is 37.3 Å². The number of amides is 1. The van der Waals surface area contributed by atoms with Crippen LogP contribution in [0.15, 0.2) is 24.1 Å². The maximum absolute atomic E-state index is 13.8. The van der Waals surface area contributed by atoms with Gasteiger partial charge in [0.05, 0.1) is 28.6 Å². The van der Waals surface area contributed by atoms with Gasteiger partial charge in [-0.2, -0.15) is 0 Å². The number of rotatable bonds is 8. The molecule has 3 N–H and O–H groups in total. The Kier molecular flexibility index (Phi) is 17.9. The summed E-state index contributed by atoms with van der Waals surface area (Å²) in [5.74, 6) is 0.256. The first-order valence-corrected chi connectivity index (χ1v) is 17.0. The number of aromatic nitrogens is 1. The van der Waals surface area contributed by atoms with Crippen molar-refractivity contribution in [3.63, 3.8) is 0 Å². The highest BCUT2D eigenvalue weighted by molar-refractivity contribution is 7.09. The summed E-state index contributed by atoms with van der Waals surface area (Å²) >= 11 is 1.61.